The zero-order valence-corrected chi connectivity index (χ0v) is 26.9. The minimum absolute atomic E-state index is 0.0157. The van der Waals surface area contributed by atoms with Gasteiger partial charge in [0.1, 0.15) is 17.1 Å². The van der Waals surface area contributed by atoms with Crippen LogP contribution in [0.3, 0.4) is 0 Å². The zero-order chi connectivity index (χ0) is 31.6. The Morgan fingerprint density at radius 1 is 1.12 bits per heavy atom. The molecule has 42 heavy (non-hydrogen) atoms. The number of carbonyl (C=O) groups excluding carboxylic acids is 1. The van der Waals surface area contributed by atoms with Gasteiger partial charge in [-0.3, -0.25) is 4.79 Å². The number of aromatic hydroxyl groups is 1. The Bertz CT molecular complexity index is 1100. The molecule has 0 spiro atoms. The Hall–Kier alpha value is -2.00. The molecule has 3 rings (SSSR count). The SMILES string of the molecule is CC[C@H](C(=O)[C@H](C)[C@H](O)[C@H](C)CCc1ccc(C)c(O)c1C(=O)O)[C@H]1O[C@](CC)([C@@H]2CC[C@@](O)(CC)[C@H](C)O2)C[C@H]1C. The van der Waals surface area contributed by atoms with Crippen LogP contribution >= 0.6 is 0 Å². The summed E-state index contributed by atoms with van der Waals surface area (Å²) in [6, 6.07) is 3.40. The fourth-order valence-corrected chi connectivity index (χ4v) is 7.45. The van der Waals surface area contributed by atoms with Crippen LogP contribution in [0.5, 0.6) is 5.75 Å². The quantitative estimate of drug-likeness (QED) is 0.225. The molecular weight excluding hydrogens is 536 g/mol. The van der Waals surface area contributed by atoms with Crippen molar-refractivity contribution in [3.63, 3.8) is 0 Å². The number of rotatable bonds is 13. The first-order chi connectivity index (χ1) is 19.7. The highest BCUT2D eigenvalue weighted by Crippen LogP contribution is 2.48. The number of phenols is 1. The van der Waals surface area contributed by atoms with Crippen molar-refractivity contribution in [3.8, 4) is 5.75 Å². The predicted octanol–water partition coefficient (Wildman–Crippen LogP) is 5.84. The lowest BCUT2D eigenvalue weighted by Crippen LogP contribution is -2.55. The topological polar surface area (TPSA) is 134 Å². The van der Waals surface area contributed by atoms with Crippen molar-refractivity contribution in [3.05, 3.63) is 28.8 Å². The first-order valence-corrected chi connectivity index (χ1v) is 16.0. The average molecular weight is 591 g/mol. The molecule has 8 heteroatoms. The summed E-state index contributed by atoms with van der Waals surface area (Å²) in [5.41, 5.74) is -0.437. The lowest BCUT2D eigenvalue weighted by Gasteiger charge is -2.47. The van der Waals surface area contributed by atoms with Crippen LogP contribution in [-0.2, 0) is 20.7 Å². The molecule has 2 saturated heterocycles. The summed E-state index contributed by atoms with van der Waals surface area (Å²) in [5, 5.41) is 42.1. The molecule has 0 bridgehead atoms. The number of hydrogen-bond acceptors (Lipinski definition) is 7. The van der Waals surface area contributed by atoms with Gasteiger partial charge in [-0.1, -0.05) is 53.7 Å². The second kappa shape index (κ2) is 13.7. The minimum atomic E-state index is -1.18. The fraction of sp³-hybridized carbons (Fsp3) is 0.765. The van der Waals surface area contributed by atoms with Gasteiger partial charge in [0.2, 0.25) is 0 Å². The molecule has 0 radical (unpaired) electrons. The van der Waals surface area contributed by atoms with E-state index in [2.05, 4.69) is 13.8 Å². The first-order valence-electron chi connectivity index (χ1n) is 16.0. The molecule has 4 N–H and O–H groups in total. The number of aliphatic hydroxyl groups is 2. The van der Waals surface area contributed by atoms with Gasteiger partial charge in [-0.25, -0.2) is 4.79 Å². The number of carboxylic acid groups (broad SMARTS) is 1. The fourth-order valence-electron chi connectivity index (χ4n) is 7.45. The van der Waals surface area contributed by atoms with E-state index in [1.807, 2.05) is 27.7 Å². The summed E-state index contributed by atoms with van der Waals surface area (Å²) in [5.74, 6) is -2.55. The molecule has 8 nitrogen and oxygen atoms in total. The van der Waals surface area contributed by atoms with E-state index in [1.165, 1.54) is 0 Å². The van der Waals surface area contributed by atoms with Crippen molar-refractivity contribution in [1.29, 1.82) is 0 Å². The molecule has 1 aromatic carbocycles. The Kier molecular flexibility index (Phi) is 11.3. The van der Waals surface area contributed by atoms with Crippen LogP contribution < -0.4 is 0 Å². The molecule has 238 valence electrons. The summed E-state index contributed by atoms with van der Waals surface area (Å²) in [6.07, 6.45) is 3.34. The zero-order valence-electron chi connectivity index (χ0n) is 26.9. The van der Waals surface area contributed by atoms with Crippen LogP contribution in [0.2, 0.25) is 0 Å². The molecule has 2 aliphatic rings. The molecule has 2 heterocycles. The number of ketones is 1. The van der Waals surface area contributed by atoms with Gasteiger partial charge in [0.15, 0.2) is 0 Å². The Morgan fingerprint density at radius 3 is 2.33 bits per heavy atom. The van der Waals surface area contributed by atoms with Gasteiger partial charge in [-0.2, -0.15) is 0 Å². The van der Waals surface area contributed by atoms with Crippen molar-refractivity contribution >= 4 is 11.8 Å². The first kappa shape index (κ1) is 34.5. The van der Waals surface area contributed by atoms with E-state index in [-0.39, 0.29) is 53.2 Å². The Labute approximate surface area is 251 Å². The van der Waals surface area contributed by atoms with E-state index in [9.17, 15) is 30.0 Å². The molecule has 0 aliphatic carbocycles. The third-order valence-electron chi connectivity index (χ3n) is 10.7. The molecule has 0 saturated carbocycles. The predicted molar refractivity (Wildman–Crippen MR) is 162 cm³/mol. The van der Waals surface area contributed by atoms with Crippen molar-refractivity contribution in [1.82, 2.24) is 0 Å². The molecule has 1 aromatic rings. The second-order valence-electron chi connectivity index (χ2n) is 13.2. The summed E-state index contributed by atoms with van der Waals surface area (Å²) < 4.78 is 13.2. The lowest BCUT2D eigenvalue weighted by atomic mass is 9.76. The van der Waals surface area contributed by atoms with Crippen molar-refractivity contribution in [2.24, 2.45) is 23.7 Å². The van der Waals surface area contributed by atoms with Crippen LogP contribution in [0, 0.1) is 30.6 Å². The average Bonchev–Trinajstić information content (AvgIpc) is 3.31. The maximum absolute atomic E-state index is 13.9. The van der Waals surface area contributed by atoms with Crippen LogP contribution in [0.1, 0.15) is 115 Å². The molecule has 2 fully saturated rings. The van der Waals surface area contributed by atoms with Gasteiger partial charge in [0, 0.05) is 11.8 Å². The number of Topliss-reactive ketones (excluding diaryl/α,β-unsaturated/α-hetero) is 1. The monoisotopic (exact) mass is 590 g/mol. The number of ether oxygens (including phenoxy) is 2. The standard InChI is InChI=1S/C34H54O8/c1-9-25(31-21(6)18-34(11-3,42-31)26-16-17-33(40,10-2)23(8)41-26)30(37)22(7)28(35)19(4)12-14-24-15-13-20(5)29(36)27(24)32(38)39/h13,15,19,21-23,25-26,28,31,35-36,40H,9-12,14,16-18H2,1-8H3,(H,38,39)/t19-,21-,22-,23+,25-,26+,28-,31+,33+,34+/m1/s1. The molecule has 2 aliphatic heterocycles. The van der Waals surface area contributed by atoms with Crippen LogP contribution in [0.25, 0.3) is 0 Å². The third-order valence-corrected chi connectivity index (χ3v) is 10.7. The summed E-state index contributed by atoms with van der Waals surface area (Å²) in [6.45, 7) is 15.4. The molecule has 0 aromatic heterocycles. The highest BCUT2D eigenvalue weighted by Gasteiger charge is 2.55. The van der Waals surface area contributed by atoms with Crippen LogP contribution in [0.4, 0.5) is 0 Å². The van der Waals surface area contributed by atoms with E-state index in [4.69, 9.17) is 9.47 Å². The number of carboxylic acids is 1. The van der Waals surface area contributed by atoms with E-state index in [0.717, 1.165) is 12.8 Å². The normalized spacial score (nSPS) is 32.7. The van der Waals surface area contributed by atoms with Gasteiger partial charge >= 0.3 is 5.97 Å². The van der Waals surface area contributed by atoms with Gasteiger partial charge in [0.25, 0.3) is 0 Å². The van der Waals surface area contributed by atoms with E-state index >= 15 is 0 Å². The highest BCUT2D eigenvalue weighted by molar-refractivity contribution is 5.93. The minimum Gasteiger partial charge on any atom is -0.507 e. The lowest BCUT2D eigenvalue weighted by molar-refractivity contribution is -0.229. The number of aromatic carboxylic acids is 1. The summed E-state index contributed by atoms with van der Waals surface area (Å²) in [4.78, 5) is 25.7. The van der Waals surface area contributed by atoms with Crippen LogP contribution in [-0.4, -0.2) is 67.8 Å². The largest absolute Gasteiger partial charge is 0.507 e. The van der Waals surface area contributed by atoms with E-state index < -0.39 is 29.2 Å². The molecule has 10 atom stereocenters. The van der Waals surface area contributed by atoms with Gasteiger partial charge in [-0.05, 0) is 88.2 Å². The smallest absolute Gasteiger partial charge is 0.339 e. The van der Waals surface area contributed by atoms with Crippen molar-refractivity contribution in [2.45, 2.75) is 142 Å². The molecule has 0 unspecified atom stereocenters. The number of carbonyl (C=O) groups is 2. The van der Waals surface area contributed by atoms with Crippen LogP contribution in [0.15, 0.2) is 12.1 Å². The Morgan fingerprint density at radius 2 is 1.79 bits per heavy atom. The van der Waals surface area contributed by atoms with Crippen molar-refractivity contribution < 1.29 is 39.5 Å². The van der Waals surface area contributed by atoms with Gasteiger partial charge < -0.3 is 29.9 Å². The summed E-state index contributed by atoms with van der Waals surface area (Å²) in [7, 11) is 0. The molecular formula is C34H54O8. The van der Waals surface area contributed by atoms with E-state index in [1.54, 1.807) is 26.0 Å². The molecule has 0 amide bonds. The van der Waals surface area contributed by atoms with Crippen molar-refractivity contribution in [2.75, 3.05) is 0 Å². The Balaban J connectivity index is 1.69. The number of aliphatic hydroxyl groups excluding tert-OH is 1. The number of hydrogen-bond donors (Lipinski definition) is 4. The van der Waals surface area contributed by atoms with E-state index in [0.29, 0.717) is 49.7 Å². The number of benzene rings is 1. The number of aryl methyl sites for hydroxylation is 2. The summed E-state index contributed by atoms with van der Waals surface area (Å²) >= 11 is 0. The third kappa shape index (κ3) is 6.72. The maximum Gasteiger partial charge on any atom is 0.339 e. The van der Waals surface area contributed by atoms with Gasteiger partial charge in [-0.15, -0.1) is 0 Å². The second-order valence-corrected chi connectivity index (χ2v) is 13.2. The maximum atomic E-state index is 13.9. The van der Waals surface area contributed by atoms with Gasteiger partial charge in [0.05, 0.1) is 35.6 Å². The highest BCUT2D eigenvalue weighted by atomic mass is 16.6.